The summed E-state index contributed by atoms with van der Waals surface area (Å²) >= 11 is 0. The third kappa shape index (κ3) is 2.30. The van der Waals surface area contributed by atoms with Crippen LogP contribution in [-0.2, 0) is 14.3 Å². The summed E-state index contributed by atoms with van der Waals surface area (Å²) < 4.78 is 12.5. The minimum absolute atomic E-state index is 0.0111. The van der Waals surface area contributed by atoms with E-state index < -0.39 is 0 Å². The molecule has 0 bridgehead atoms. The van der Waals surface area contributed by atoms with Crippen LogP contribution in [0, 0.1) is 28.6 Å². The summed E-state index contributed by atoms with van der Waals surface area (Å²) in [7, 11) is 0. The van der Waals surface area contributed by atoms with Crippen LogP contribution in [0.25, 0.3) is 0 Å². The number of fused-ring (bicyclic) bond motifs is 2. The van der Waals surface area contributed by atoms with Gasteiger partial charge >= 0.3 is 5.97 Å². The Morgan fingerprint density at radius 2 is 2.00 bits per heavy atom. The molecule has 7 atom stereocenters. The van der Waals surface area contributed by atoms with E-state index in [1.807, 2.05) is 0 Å². The molecule has 2 saturated carbocycles. The largest absolute Gasteiger partial charge is 0.462 e. The average molecular weight is 362 g/mol. The summed E-state index contributed by atoms with van der Waals surface area (Å²) in [5, 5.41) is 0. The van der Waals surface area contributed by atoms with Crippen LogP contribution < -0.4 is 0 Å². The van der Waals surface area contributed by atoms with Crippen molar-refractivity contribution in [2.24, 2.45) is 28.6 Å². The number of rotatable bonds is 2. The first-order chi connectivity index (χ1) is 12.3. The molecule has 146 valence electrons. The number of carbonyl (C=O) groups excluding carboxylic acids is 1. The first-order valence-electron chi connectivity index (χ1n) is 10.9. The molecule has 0 N–H and O–H groups in total. The molecule has 5 fully saturated rings. The maximum atomic E-state index is 12.8. The van der Waals surface area contributed by atoms with Gasteiger partial charge in [0, 0.05) is 24.4 Å². The van der Waals surface area contributed by atoms with Crippen molar-refractivity contribution in [2.75, 3.05) is 19.6 Å². The van der Waals surface area contributed by atoms with E-state index in [1.165, 1.54) is 32.1 Å². The molecule has 0 amide bonds. The van der Waals surface area contributed by atoms with Crippen molar-refractivity contribution in [1.82, 2.24) is 4.90 Å². The average Bonchev–Trinajstić information content (AvgIpc) is 3.22. The highest BCUT2D eigenvalue weighted by molar-refractivity contribution is 5.76. The third-order valence-electron chi connectivity index (χ3n) is 8.63. The summed E-state index contributed by atoms with van der Waals surface area (Å²) in [6.45, 7) is 12.6. The standard InChI is InChI=1S/C22H35NO3/c1-14-7-5-9-21(4)11-16-17(18-22(14,21)26-18)15(19(24)25-16)12-23-10-6-8-20(2,3)13-23/h14-18H,5-13H2,1-4H3/t14-,15?,16+,17+,18-,21+,22-/m0/s1. The van der Waals surface area contributed by atoms with Crippen LogP contribution in [0.2, 0.25) is 0 Å². The van der Waals surface area contributed by atoms with E-state index in [4.69, 9.17) is 9.47 Å². The van der Waals surface area contributed by atoms with E-state index in [1.54, 1.807) is 0 Å². The fraction of sp³-hybridized carbons (Fsp3) is 0.955. The number of carbonyl (C=O) groups is 1. The zero-order valence-corrected chi connectivity index (χ0v) is 16.9. The number of hydrogen-bond acceptors (Lipinski definition) is 4. The number of epoxide rings is 1. The lowest BCUT2D eigenvalue weighted by Gasteiger charge is -2.49. The van der Waals surface area contributed by atoms with Crippen molar-refractivity contribution in [3.8, 4) is 0 Å². The smallest absolute Gasteiger partial charge is 0.311 e. The Hall–Kier alpha value is -0.610. The predicted molar refractivity (Wildman–Crippen MR) is 99.7 cm³/mol. The van der Waals surface area contributed by atoms with Crippen molar-refractivity contribution >= 4 is 5.97 Å². The van der Waals surface area contributed by atoms with Gasteiger partial charge in [0.25, 0.3) is 0 Å². The number of ether oxygens (including phenoxy) is 2. The quantitative estimate of drug-likeness (QED) is 0.556. The number of likely N-dealkylation sites (tertiary alicyclic amines) is 1. The van der Waals surface area contributed by atoms with Crippen molar-refractivity contribution in [1.29, 1.82) is 0 Å². The van der Waals surface area contributed by atoms with E-state index in [-0.39, 0.29) is 41.0 Å². The summed E-state index contributed by atoms with van der Waals surface area (Å²) in [4.78, 5) is 15.3. The van der Waals surface area contributed by atoms with Gasteiger partial charge in [0.1, 0.15) is 11.7 Å². The fourth-order valence-corrected chi connectivity index (χ4v) is 7.42. The topological polar surface area (TPSA) is 42.1 Å². The van der Waals surface area contributed by atoms with Gasteiger partial charge in [-0.2, -0.15) is 0 Å². The maximum absolute atomic E-state index is 12.8. The van der Waals surface area contributed by atoms with E-state index in [2.05, 4.69) is 32.6 Å². The lowest BCUT2D eigenvalue weighted by Crippen LogP contribution is -2.55. The second-order valence-corrected chi connectivity index (χ2v) is 11.1. The van der Waals surface area contributed by atoms with Crippen molar-refractivity contribution in [3.63, 3.8) is 0 Å². The van der Waals surface area contributed by atoms with Crippen LogP contribution >= 0.6 is 0 Å². The van der Waals surface area contributed by atoms with E-state index in [9.17, 15) is 4.79 Å². The Labute approximate surface area is 158 Å². The number of esters is 1. The summed E-state index contributed by atoms with van der Waals surface area (Å²) in [5.41, 5.74) is 0.582. The molecule has 3 saturated heterocycles. The molecule has 26 heavy (non-hydrogen) atoms. The normalized spacial score (nSPS) is 52.6. The predicted octanol–water partition coefficient (Wildman–Crippen LogP) is 3.63. The monoisotopic (exact) mass is 361 g/mol. The zero-order chi connectivity index (χ0) is 18.3. The van der Waals surface area contributed by atoms with Gasteiger partial charge in [-0.3, -0.25) is 4.79 Å². The summed E-state index contributed by atoms with van der Waals surface area (Å²) in [6, 6.07) is 0. The van der Waals surface area contributed by atoms with Crippen LogP contribution in [0.5, 0.6) is 0 Å². The second-order valence-electron chi connectivity index (χ2n) is 11.1. The van der Waals surface area contributed by atoms with Gasteiger partial charge in [-0.05, 0) is 50.0 Å². The molecule has 4 heteroatoms. The lowest BCUT2D eigenvalue weighted by molar-refractivity contribution is -0.146. The van der Waals surface area contributed by atoms with Gasteiger partial charge < -0.3 is 14.4 Å². The molecule has 5 rings (SSSR count). The van der Waals surface area contributed by atoms with Crippen LogP contribution in [0.3, 0.4) is 0 Å². The van der Waals surface area contributed by atoms with Crippen molar-refractivity contribution < 1.29 is 14.3 Å². The van der Waals surface area contributed by atoms with Gasteiger partial charge in [0.2, 0.25) is 0 Å². The highest BCUT2D eigenvalue weighted by Gasteiger charge is 2.78. The Morgan fingerprint density at radius 3 is 2.77 bits per heavy atom. The maximum Gasteiger partial charge on any atom is 0.311 e. The minimum atomic E-state index is 0.0111. The summed E-state index contributed by atoms with van der Waals surface area (Å²) in [5.74, 6) is 0.944. The molecular weight excluding hydrogens is 326 g/mol. The molecule has 1 spiro atoms. The Balaban J connectivity index is 1.38. The minimum Gasteiger partial charge on any atom is -0.462 e. The van der Waals surface area contributed by atoms with Crippen LogP contribution in [0.1, 0.15) is 66.2 Å². The molecule has 3 heterocycles. The Kier molecular flexibility index (Phi) is 3.68. The van der Waals surface area contributed by atoms with Crippen molar-refractivity contribution in [2.45, 2.75) is 84.0 Å². The molecule has 0 aromatic heterocycles. The summed E-state index contributed by atoms with van der Waals surface area (Å²) in [6.07, 6.45) is 7.64. The number of nitrogens with zero attached hydrogens (tertiary/aromatic N) is 1. The van der Waals surface area contributed by atoms with Gasteiger partial charge in [0.15, 0.2) is 0 Å². The van der Waals surface area contributed by atoms with Crippen molar-refractivity contribution in [3.05, 3.63) is 0 Å². The number of hydrogen-bond donors (Lipinski definition) is 0. The molecule has 3 aliphatic heterocycles. The van der Waals surface area contributed by atoms with Crippen LogP contribution in [0.4, 0.5) is 0 Å². The second kappa shape index (κ2) is 5.47. The van der Waals surface area contributed by atoms with E-state index in [0.29, 0.717) is 11.3 Å². The lowest BCUT2D eigenvalue weighted by atomic mass is 9.53. The molecule has 4 nitrogen and oxygen atoms in total. The van der Waals surface area contributed by atoms with Gasteiger partial charge in [-0.15, -0.1) is 0 Å². The first-order valence-corrected chi connectivity index (χ1v) is 10.9. The Morgan fingerprint density at radius 1 is 1.19 bits per heavy atom. The number of piperidine rings is 1. The molecule has 1 unspecified atom stereocenters. The van der Waals surface area contributed by atoms with Gasteiger partial charge in [-0.25, -0.2) is 0 Å². The molecule has 0 aromatic carbocycles. The zero-order valence-electron chi connectivity index (χ0n) is 16.9. The fourth-order valence-electron chi connectivity index (χ4n) is 7.42. The molecule has 2 aliphatic carbocycles. The molecular formula is C22H35NO3. The Bertz CT molecular complexity index is 619. The molecule has 5 aliphatic rings. The molecule has 0 radical (unpaired) electrons. The third-order valence-corrected chi connectivity index (χ3v) is 8.63. The van der Waals surface area contributed by atoms with E-state index in [0.717, 1.165) is 26.1 Å². The van der Waals surface area contributed by atoms with Gasteiger partial charge in [-0.1, -0.05) is 34.1 Å². The highest BCUT2D eigenvalue weighted by Crippen LogP contribution is 2.70. The highest BCUT2D eigenvalue weighted by atomic mass is 16.6. The molecule has 0 aromatic rings. The van der Waals surface area contributed by atoms with E-state index >= 15 is 0 Å². The SMILES string of the molecule is C[C@H]1CCC[C@]2(C)C[C@H]3OC(=O)C(CN4CCCC(C)(C)C4)[C@H]3[C@@H]3O[C@@]132. The van der Waals surface area contributed by atoms with Crippen LogP contribution in [-0.4, -0.2) is 48.3 Å². The first kappa shape index (κ1) is 17.5. The van der Waals surface area contributed by atoms with Gasteiger partial charge in [0.05, 0.1) is 12.0 Å². The van der Waals surface area contributed by atoms with Crippen LogP contribution in [0.15, 0.2) is 0 Å².